The summed E-state index contributed by atoms with van der Waals surface area (Å²) in [5.41, 5.74) is 5.84. The predicted molar refractivity (Wildman–Crippen MR) is 211 cm³/mol. The van der Waals surface area contributed by atoms with E-state index in [2.05, 4.69) is 60.0 Å². The van der Waals surface area contributed by atoms with Crippen LogP contribution in [0.5, 0.6) is 0 Å². The lowest BCUT2D eigenvalue weighted by atomic mass is 9.91. The number of urea groups is 1. The number of nitriles is 1. The van der Waals surface area contributed by atoms with E-state index in [0.29, 0.717) is 41.4 Å². The number of fused-ring (bicyclic) bond motifs is 2. The molecule has 54 heavy (non-hydrogen) atoms. The number of anilines is 3. The number of piperidine rings is 3. The van der Waals surface area contributed by atoms with Crippen molar-refractivity contribution in [2.75, 3.05) is 67.1 Å². The van der Waals surface area contributed by atoms with E-state index >= 15 is 0 Å². The van der Waals surface area contributed by atoms with Crippen molar-refractivity contribution in [1.82, 2.24) is 29.7 Å². The Kier molecular flexibility index (Phi) is 9.37. The third-order valence-electron chi connectivity index (χ3n) is 12.3. The normalized spacial score (nSPS) is 19.9. The van der Waals surface area contributed by atoms with Crippen LogP contribution in [0.1, 0.15) is 68.0 Å². The van der Waals surface area contributed by atoms with Crippen molar-refractivity contribution in [3.05, 3.63) is 77.3 Å². The van der Waals surface area contributed by atoms with E-state index in [0.717, 1.165) is 123 Å². The van der Waals surface area contributed by atoms with E-state index in [1.165, 1.54) is 5.56 Å². The van der Waals surface area contributed by atoms with Gasteiger partial charge >= 0.3 is 6.03 Å². The minimum absolute atomic E-state index is 0.213. The molecule has 4 aliphatic rings. The predicted octanol–water partition coefficient (Wildman–Crippen LogP) is 6.82. The lowest BCUT2D eigenvalue weighted by molar-refractivity contribution is -0.120. The van der Waals surface area contributed by atoms with Crippen molar-refractivity contribution >= 4 is 62.7 Å². The fourth-order valence-corrected chi connectivity index (χ4v) is 9.54. The van der Waals surface area contributed by atoms with E-state index in [-0.39, 0.29) is 11.9 Å². The standard InChI is InChI=1S/C41H45ClN10O2/c42-33-4-5-36(39-38(33)29(22-43)23-44-39)49-18-8-28(9-19-49)30-24-45-40(46-25-30)50-16-6-27(7-17-50)26-48-14-10-31(11-15-48)51-20-12-32-34(51)2-1-3-35(32)52-21-13-37(53)47-41(52)54/h1-5,12,20,23-25,27-28,31,44H,6-11,13-19,21,26H2,(H,47,53,54). The number of hydrogen-bond donors (Lipinski definition) is 2. The van der Waals surface area contributed by atoms with Crippen molar-refractivity contribution < 1.29 is 9.59 Å². The molecule has 3 aromatic heterocycles. The van der Waals surface area contributed by atoms with Gasteiger partial charge in [-0.25, -0.2) is 14.8 Å². The van der Waals surface area contributed by atoms with Gasteiger partial charge in [-0.1, -0.05) is 17.7 Å². The Morgan fingerprint density at radius 2 is 1.61 bits per heavy atom. The van der Waals surface area contributed by atoms with Crippen LogP contribution in [0.15, 0.2) is 61.2 Å². The van der Waals surface area contributed by atoms with E-state index in [1.807, 2.05) is 30.6 Å². The number of carbonyl (C=O) groups is 2. The monoisotopic (exact) mass is 744 g/mol. The minimum Gasteiger partial charge on any atom is -0.370 e. The molecule has 2 aromatic carbocycles. The number of aromatic nitrogens is 4. The van der Waals surface area contributed by atoms with E-state index in [1.54, 1.807) is 11.1 Å². The fraction of sp³-hybridized carbons (Fsp3) is 0.439. The summed E-state index contributed by atoms with van der Waals surface area (Å²) in [4.78, 5) is 46.3. The molecule has 9 rings (SSSR count). The Balaban J connectivity index is 0.744. The molecular weight excluding hydrogens is 700 g/mol. The summed E-state index contributed by atoms with van der Waals surface area (Å²) in [6.07, 6.45) is 14.9. The molecule has 0 aliphatic carbocycles. The zero-order valence-corrected chi connectivity index (χ0v) is 31.1. The molecule has 0 unspecified atom stereocenters. The maximum atomic E-state index is 12.6. The van der Waals surface area contributed by atoms with Crippen LogP contribution in [0, 0.1) is 17.2 Å². The van der Waals surface area contributed by atoms with Crippen LogP contribution in [0.2, 0.25) is 5.02 Å². The quantitative estimate of drug-likeness (QED) is 0.186. The molecule has 4 aliphatic heterocycles. The number of rotatable bonds is 7. The van der Waals surface area contributed by atoms with Gasteiger partial charge in [-0.05, 0) is 86.3 Å². The van der Waals surface area contributed by atoms with Crippen LogP contribution in [0.4, 0.5) is 22.1 Å². The molecule has 4 fully saturated rings. The average Bonchev–Trinajstić information content (AvgIpc) is 3.85. The Labute approximate surface area is 319 Å². The molecular formula is C41H45ClN10O2. The van der Waals surface area contributed by atoms with Gasteiger partial charge in [0, 0.05) is 100 Å². The number of likely N-dealkylation sites (tertiary alicyclic amines) is 1. The molecule has 5 aromatic rings. The molecule has 0 saturated carbocycles. The molecule has 278 valence electrons. The smallest absolute Gasteiger partial charge is 0.328 e. The Bertz CT molecular complexity index is 2220. The highest BCUT2D eigenvalue weighted by Crippen LogP contribution is 2.38. The van der Waals surface area contributed by atoms with E-state index < -0.39 is 0 Å². The number of nitrogens with one attached hydrogen (secondary N) is 2. The molecule has 4 saturated heterocycles. The number of imide groups is 1. The first kappa shape index (κ1) is 34.6. The van der Waals surface area contributed by atoms with Gasteiger partial charge in [-0.15, -0.1) is 0 Å². The summed E-state index contributed by atoms with van der Waals surface area (Å²) < 4.78 is 2.39. The van der Waals surface area contributed by atoms with Crippen molar-refractivity contribution in [2.45, 2.75) is 56.9 Å². The van der Waals surface area contributed by atoms with E-state index in [4.69, 9.17) is 21.6 Å². The van der Waals surface area contributed by atoms with Crippen LogP contribution < -0.4 is 20.0 Å². The average molecular weight is 745 g/mol. The summed E-state index contributed by atoms with van der Waals surface area (Å²) in [6, 6.07) is 14.5. The second-order valence-corrected chi connectivity index (χ2v) is 15.8. The summed E-state index contributed by atoms with van der Waals surface area (Å²) in [7, 11) is 0. The lowest BCUT2D eigenvalue weighted by Crippen LogP contribution is -2.49. The van der Waals surface area contributed by atoms with Gasteiger partial charge in [0.1, 0.15) is 6.07 Å². The molecule has 13 heteroatoms. The highest BCUT2D eigenvalue weighted by molar-refractivity contribution is 6.36. The third-order valence-corrected chi connectivity index (χ3v) is 12.6. The molecule has 7 heterocycles. The summed E-state index contributed by atoms with van der Waals surface area (Å²) in [5, 5.41) is 14.4. The van der Waals surface area contributed by atoms with Crippen molar-refractivity contribution in [3.8, 4) is 6.07 Å². The van der Waals surface area contributed by atoms with Crippen LogP contribution in [-0.4, -0.2) is 88.7 Å². The summed E-state index contributed by atoms with van der Waals surface area (Å²) >= 11 is 6.45. The van der Waals surface area contributed by atoms with Gasteiger partial charge in [-0.3, -0.25) is 15.0 Å². The number of amides is 3. The second kappa shape index (κ2) is 14.6. The molecule has 2 N–H and O–H groups in total. The Morgan fingerprint density at radius 3 is 2.35 bits per heavy atom. The van der Waals surface area contributed by atoms with Crippen LogP contribution in [0.3, 0.4) is 0 Å². The molecule has 3 amide bonds. The highest BCUT2D eigenvalue weighted by atomic mass is 35.5. The van der Waals surface area contributed by atoms with Crippen molar-refractivity contribution in [1.29, 1.82) is 5.26 Å². The van der Waals surface area contributed by atoms with Crippen molar-refractivity contribution in [3.63, 3.8) is 0 Å². The first-order valence-electron chi connectivity index (χ1n) is 19.4. The first-order valence-corrected chi connectivity index (χ1v) is 19.8. The number of halogens is 1. The Hall–Kier alpha value is -5.12. The van der Waals surface area contributed by atoms with Crippen LogP contribution in [0.25, 0.3) is 21.8 Å². The SMILES string of the molecule is N#Cc1c[nH]c2c(N3CCC(c4cnc(N5CCC(CN6CCC(n7ccc8c(N9CCC(=O)NC9=O)cccc87)CC6)CC5)nc4)CC3)ccc(Cl)c12. The molecule has 0 bridgehead atoms. The molecule has 12 nitrogen and oxygen atoms in total. The van der Waals surface area contributed by atoms with Gasteiger partial charge in [-0.2, -0.15) is 5.26 Å². The zero-order valence-electron chi connectivity index (χ0n) is 30.4. The number of carbonyl (C=O) groups excluding carboxylic acids is 2. The molecule has 0 radical (unpaired) electrons. The second-order valence-electron chi connectivity index (χ2n) is 15.4. The number of nitrogens with zero attached hydrogens (tertiary/aromatic N) is 8. The fourth-order valence-electron chi connectivity index (χ4n) is 9.28. The zero-order chi connectivity index (χ0) is 36.8. The topological polar surface area (TPSA) is 129 Å². The molecule has 0 atom stereocenters. The number of benzene rings is 2. The van der Waals surface area contributed by atoms with Crippen molar-refractivity contribution in [2.24, 2.45) is 5.92 Å². The van der Waals surface area contributed by atoms with E-state index in [9.17, 15) is 14.9 Å². The molecule has 0 spiro atoms. The van der Waals surface area contributed by atoms with Gasteiger partial charge in [0.25, 0.3) is 0 Å². The largest absolute Gasteiger partial charge is 0.370 e. The summed E-state index contributed by atoms with van der Waals surface area (Å²) in [5.74, 6) is 1.74. The number of aromatic amines is 1. The first-order chi connectivity index (χ1) is 26.4. The minimum atomic E-state index is -0.341. The van der Waals surface area contributed by atoms with Crippen LogP contribution >= 0.6 is 11.6 Å². The maximum absolute atomic E-state index is 12.6. The highest BCUT2D eigenvalue weighted by Gasteiger charge is 2.30. The Morgan fingerprint density at radius 1 is 0.852 bits per heavy atom. The van der Waals surface area contributed by atoms with Gasteiger partial charge in [0.05, 0.1) is 33.0 Å². The lowest BCUT2D eigenvalue weighted by Gasteiger charge is -2.38. The number of hydrogen-bond acceptors (Lipinski definition) is 8. The van der Waals surface area contributed by atoms with Gasteiger partial charge in [0.2, 0.25) is 11.9 Å². The third kappa shape index (κ3) is 6.54. The van der Waals surface area contributed by atoms with Gasteiger partial charge < -0.3 is 24.3 Å². The van der Waals surface area contributed by atoms with Crippen LogP contribution in [-0.2, 0) is 4.79 Å². The summed E-state index contributed by atoms with van der Waals surface area (Å²) in [6.45, 7) is 7.54. The maximum Gasteiger partial charge on any atom is 0.328 e. The number of H-pyrrole nitrogens is 1. The van der Waals surface area contributed by atoms with Gasteiger partial charge in [0.15, 0.2) is 0 Å².